The topological polar surface area (TPSA) is 54.4 Å². The fraction of sp³-hybridized carbons (Fsp3) is 1.00. The molecular weight excluding hydrogens is 224 g/mol. The smallest absolute Gasteiger partial charge is 0.283 e. The van der Waals surface area contributed by atoms with E-state index in [1.165, 1.54) is 0 Å². The molecule has 0 unspecified atom stereocenters. The van der Waals surface area contributed by atoms with E-state index in [9.17, 15) is 8.42 Å². The lowest BCUT2D eigenvalue weighted by molar-refractivity contribution is 0.485. The summed E-state index contributed by atoms with van der Waals surface area (Å²) < 4.78 is 29.4. The number of hydrogen-bond acceptors (Lipinski definition) is 5. The van der Waals surface area contributed by atoms with Gasteiger partial charge in [0, 0.05) is 0 Å². The van der Waals surface area contributed by atoms with E-state index in [2.05, 4.69) is 0 Å². The summed E-state index contributed by atoms with van der Waals surface area (Å²) in [6, 6.07) is 0. The highest BCUT2D eigenvalue weighted by Crippen LogP contribution is 2.46. The van der Waals surface area contributed by atoms with Crippen molar-refractivity contribution in [1.29, 1.82) is 0 Å². The predicted octanol–water partition coefficient (Wildman–Crippen LogP) is 1.57. The Bertz CT molecular complexity index is 197. The van der Waals surface area contributed by atoms with Crippen LogP contribution in [-0.2, 0) is 10.1 Å². The third-order valence-corrected chi connectivity index (χ3v) is 9.59. The van der Waals surface area contributed by atoms with Gasteiger partial charge in [-0.25, -0.2) is 0 Å². The summed E-state index contributed by atoms with van der Waals surface area (Å²) >= 11 is 3.34. The molecule has 0 aliphatic carbocycles. The van der Waals surface area contributed by atoms with Gasteiger partial charge in [-0.15, -0.1) is 35.3 Å². The Morgan fingerprint density at radius 3 is 1.36 bits per heavy atom. The van der Waals surface area contributed by atoms with Crippen molar-refractivity contribution < 1.29 is 13.0 Å². The summed E-state index contributed by atoms with van der Waals surface area (Å²) in [7, 11) is -3.99. The first-order chi connectivity index (χ1) is 4.93. The summed E-state index contributed by atoms with van der Waals surface area (Å²) in [5, 5.41) is 0. The number of hydrogen-bond donors (Lipinski definition) is 1. The second kappa shape index (κ2) is 4.27. The van der Waals surface area contributed by atoms with E-state index in [0.29, 0.717) is 0 Å². The van der Waals surface area contributed by atoms with Crippen LogP contribution in [0.5, 0.6) is 0 Å². The Hall–Kier alpha value is 0.960. The van der Waals surface area contributed by atoms with Gasteiger partial charge in [-0.3, -0.25) is 4.55 Å². The van der Waals surface area contributed by atoms with Gasteiger partial charge in [0.25, 0.3) is 10.1 Å². The van der Waals surface area contributed by atoms with Crippen molar-refractivity contribution in [2.24, 2.45) is 0 Å². The van der Waals surface area contributed by atoms with Crippen LogP contribution < -0.4 is 0 Å². The van der Waals surface area contributed by atoms with Gasteiger partial charge in [-0.05, 0) is 18.8 Å². The van der Waals surface area contributed by atoms with Gasteiger partial charge in [0.15, 0.2) is 0 Å². The minimum Gasteiger partial charge on any atom is -0.283 e. The third-order valence-electron chi connectivity index (χ3n) is 1.07. The molecule has 3 nitrogen and oxygen atoms in total. The van der Waals surface area contributed by atoms with Crippen molar-refractivity contribution in [3.8, 4) is 0 Å². The first-order valence-corrected chi connectivity index (χ1v) is 7.67. The standard InChI is InChI=1S/C4H10O3S4/c1-8-4(9-2,10-3)11(5,6)7/h1-3H3,(H,5,6,7). The molecule has 0 bridgehead atoms. The largest absolute Gasteiger partial charge is 0.299 e. The molecule has 0 fully saturated rings. The molecule has 0 atom stereocenters. The highest BCUT2D eigenvalue weighted by atomic mass is 32.3. The van der Waals surface area contributed by atoms with Crippen LogP contribution in [0.4, 0.5) is 0 Å². The molecule has 0 heterocycles. The molecule has 0 rings (SSSR count). The summed E-state index contributed by atoms with van der Waals surface area (Å²) in [6.07, 6.45) is 4.96. The van der Waals surface area contributed by atoms with Gasteiger partial charge in [0.05, 0.1) is 0 Å². The Kier molecular flexibility index (Phi) is 4.64. The normalized spacial score (nSPS) is 13.5. The van der Waals surface area contributed by atoms with Crippen LogP contribution in [-0.4, -0.2) is 34.5 Å². The predicted molar refractivity (Wildman–Crippen MR) is 54.8 cm³/mol. The molecule has 0 saturated carbocycles. The average molecular weight is 234 g/mol. The number of thioether (sulfide) groups is 3. The zero-order valence-electron chi connectivity index (χ0n) is 6.40. The van der Waals surface area contributed by atoms with Crippen molar-refractivity contribution in [2.75, 3.05) is 18.8 Å². The van der Waals surface area contributed by atoms with Gasteiger partial charge in [0.2, 0.25) is 2.74 Å². The second-order valence-electron chi connectivity index (χ2n) is 1.59. The quantitative estimate of drug-likeness (QED) is 0.589. The maximum atomic E-state index is 10.8. The molecule has 0 aliphatic rings. The maximum Gasteiger partial charge on any atom is 0.299 e. The fourth-order valence-electron chi connectivity index (χ4n) is 0.566. The second-order valence-corrected chi connectivity index (χ2v) is 7.76. The van der Waals surface area contributed by atoms with Crippen LogP contribution in [0.15, 0.2) is 0 Å². The van der Waals surface area contributed by atoms with Crippen LogP contribution in [0, 0.1) is 0 Å². The molecule has 0 saturated heterocycles. The van der Waals surface area contributed by atoms with Crippen LogP contribution >= 0.6 is 35.3 Å². The molecule has 68 valence electrons. The van der Waals surface area contributed by atoms with E-state index in [-0.39, 0.29) is 0 Å². The molecule has 0 aromatic heterocycles. The molecule has 0 amide bonds. The Morgan fingerprint density at radius 1 is 1.09 bits per heavy atom. The third kappa shape index (κ3) is 2.45. The lowest BCUT2D eigenvalue weighted by atomic mass is 11.8. The summed E-state index contributed by atoms with van der Waals surface area (Å²) in [5.41, 5.74) is 0. The molecule has 0 aliphatic heterocycles. The van der Waals surface area contributed by atoms with Crippen LogP contribution in [0.2, 0.25) is 0 Å². The molecule has 11 heavy (non-hydrogen) atoms. The van der Waals surface area contributed by atoms with Gasteiger partial charge < -0.3 is 0 Å². The Morgan fingerprint density at radius 2 is 1.36 bits per heavy atom. The molecule has 7 heteroatoms. The lowest BCUT2D eigenvalue weighted by Crippen LogP contribution is -2.26. The molecule has 0 aromatic carbocycles. The monoisotopic (exact) mass is 234 g/mol. The molecular formula is C4H10O3S4. The summed E-state index contributed by atoms with van der Waals surface area (Å²) in [6.45, 7) is 0. The minimum atomic E-state index is -3.99. The van der Waals surface area contributed by atoms with Crippen molar-refractivity contribution in [2.45, 2.75) is 2.74 Å². The van der Waals surface area contributed by atoms with E-state index in [1.54, 1.807) is 18.8 Å². The van der Waals surface area contributed by atoms with Crippen molar-refractivity contribution in [1.82, 2.24) is 0 Å². The van der Waals surface area contributed by atoms with Crippen LogP contribution in [0.1, 0.15) is 0 Å². The summed E-state index contributed by atoms with van der Waals surface area (Å²) in [5.74, 6) is 0. The molecule has 0 aromatic rings. The lowest BCUT2D eigenvalue weighted by Gasteiger charge is -2.23. The van der Waals surface area contributed by atoms with Gasteiger partial charge in [-0.2, -0.15) is 8.42 Å². The van der Waals surface area contributed by atoms with Crippen LogP contribution in [0.25, 0.3) is 0 Å². The highest BCUT2D eigenvalue weighted by molar-refractivity contribution is 8.44. The minimum absolute atomic E-state index is 1.11. The summed E-state index contributed by atoms with van der Waals surface area (Å²) in [4.78, 5) is 0. The highest BCUT2D eigenvalue weighted by Gasteiger charge is 2.41. The van der Waals surface area contributed by atoms with Crippen LogP contribution in [0.3, 0.4) is 0 Å². The van der Waals surface area contributed by atoms with Gasteiger partial charge in [0.1, 0.15) is 0 Å². The first kappa shape index (κ1) is 12.0. The van der Waals surface area contributed by atoms with E-state index in [4.69, 9.17) is 4.55 Å². The van der Waals surface area contributed by atoms with E-state index in [1.807, 2.05) is 0 Å². The average Bonchev–Trinajstić information content (AvgIpc) is 1.90. The van der Waals surface area contributed by atoms with E-state index < -0.39 is 12.9 Å². The molecule has 1 N–H and O–H groups in total. The Balaban J connectivity index is 4.86. The van der Waals surface area contributed by atoms with Crippen molar-refractivity contribution in [3.63, 3.8) is 0 Å². The Labute approximate surface area is 79.8 Å². The van der Waals surface area contributed by atoms with Gasteiger partial charge >= 0.3 is 0 Å². The molecule has 0 spiro atoms. The zero-order valence-corrected chi connectivity index (χ0v) is 9.66. The zero-order chi connectivity index (χ0) is 9.12. The number of rotatable bonds is 4. The molecule has 0 radical (unpaired) electrons. The maximum absolute atomic E-state index is 10.8. The van der Waals surface area contributed by atoms with E-state index in [0.717, 1.165) is 35.3 Å². The van der Waals surface area contributed by atoms with Crippen molar-refractivity contribution >= 4 is 45.4 Å². The SMILES string of the molecule is CSC(SC)(SC)S(=O)(=O)O. The van der Waals surface area contributed by atoms with E-state index >= 15 is 0 Å². The van der Waals surface area contributed by atoms with Gasteiger partial charge in [-0.1, -0.05) is 0 Å². The first-order valence-electron chi connectivity index (χ1n) is 2.56. The fourth-order valence-corrected chi connectivity index (χ4v) is 5.09. The van der Waals surface area contributed by atoms with Crippen molar-refractivity contribution in [3.05, 3.63) is 0 Å².